The largest absolute Gasteiger partial charge is 0.348 e. The van der Waals surface area contributed by atoms with Crippen LogP contribution in [0.4, 0.5) is 0 Å². The number of fused-ring (bicyclic) bond motifs is 1. The first kappa shape index (κ1) is 14.1. The maximum atomic E-state index is 11.7. The van der Waals surface area contributed by atoms with Crippen LogP contribution in [0.25, 0.3) is 5.52 Å². The average molecular weight is 270 g/mol. The molecule has 0 N–H and O–H groups in total. The Morgan fingerprint density at radius 3 is 2.75 bits per heavy atom. The second kappa shape index (κ2) is 5.76. The van der Waals surface area contributed by atoms with Crippen LogP contribution >= 0.6 is 0 Å². The molecule has 1 amide bonds. The predicted molar refractivity (Wildman–Crippen MR) is 77.1 cm³/mol. The van der Waals surface area contributed by atoms with Crippen LogP contribution in [0.5, 0.6) is 0 Å². The lowest BCUT2D eigenvalue weighted by Crippen LogP contribution is -2.34. The normalized spacial score (nSPS) is 10.8. The molecule has 0 atom stereocenters. The van der Waals surface area contributed by atoms with E-state index < -0.39 is 0 Å². The van der Waals surface area contributed by atoms with Crippen LogP contribution < -0.4 is 0 Å². The third-order valence-corrected chi connectivity index (χ3v) is 3.22. The van der Waals surface area contributed by atoms with Crippen LogP contribution in [0, 0.1) is 11.3 Å². The molecule has 2 aromatic heterocycles. The van der Waals surface area contributed by atoms with Crippen molar-refractivity contribution in [3.05, 3.63) is 41.7 Å². The quantitative estimate of drug-likeness (QED) is 0.842. The van der Waals surface area contributed by atoms with Gasteiger partial charge in [-0.25, -0.2) is 0 Å². The van der Waals surface area contributed by atoms with Crippen molar-refractivity contribution in [1.82, 2.24) is 14.2 Å². The van der Waals surface area contributed by atoms with Crippen LogP contribution in [-0.2, 0) is 11.3 Å². The number of hydrogen-bond donors (Lipinski definition) is 0. The lowest BCUT2D eigenvalue weighted by molar-refractivity contribution is -0.129. The fourth-order valence-electron chi connectivity index (χ4n) is 2.15. The molecule has 2 heterocycles. The zero-order valence-electron chi connectivity index (χ0n) is 12.0. The number of likely N-dealkylation sites (N-methyl/N-ethyl adjacent to an activating group) is 2. The fourth-order valence-corrected chi connectivity index (χ4v) is 2.15. The van der Waals surface area contributed by atoms with E-state index in [-0.39, 0.29) is 5.91 Å². The van der Waals surface area contributed by atoms with Crippen LogP contribution in [0.2, 0.25) is 0 Å². The van der Waals surface area contributed by atoms with Crippen molar-refractivity contribution < 1.29 is 4.79 Å². The lowest BCUT2D eigenvalue weighted by Gasteiger charge is -2.18. The number of amides is 1. The lowest BCUT2D eigenvalue weighted by atomic mass is 10.1. The van der Waals surface area contributed by atoms with E-state index in [0.29, 0.717) is 18.7 Å². The number of rotatable bonds is 4. The van der Waals surface area contributed by atoms with Gasteiger partial charge in [0.2, 0.25) is 5.91 Å². The van der Waals surface area contributed by atoms with E-state index in [9.17, 15) is 10.1 Å². The van der Waals surface area contributed by atoms with E-state index in [1.54, 1.807) is 19.0 Å². The highest BCUT2D eigenvalue weighted by molar-refractivity contribution is 5.77. The monoisotopic (exact) mass is 270 g/mol. The molecule has 0 saturated carbocycles. The van der Waals surface area contributed by atoms with Gasteiger partial charge in [-0.2, -0.15) is 5.26 Å². The minimum atomic E-state index is 0.0507. The Balaban J connectivity index is 2.21. The predicted octanol–water partition coefficient (Wildman–Crippen LogP) is 1.33. The van der Waals surface area contributed by atoms with Crippen molar-refractivity contribution in [2.75, 3.05) is 27.7 Å². The molecule has 2 rings (SSSR count). The van der Waals surface area contributed by atoms with Gasteiger partial charge in [0.15, 0.2) is 0 Å². The average Bonchev–Trinajstić information content (AvgIpc) is 2.75. The van der Waals surface area contributed by atoms with Gasteiger partial charge in [-0.1, -0.05) is 6.07 Å². The van der Waals surface area contributed by atoms with Gasteiger partial charge in [0, 0.05) is 38.6 Å². The van der Waals surface area contributed by atoms with Crippen molar-refractivity contribution in [2.45, 2.75) is 6.54 Å². The summed E-state index contributed by atoms with van der Waals surface area (Å²) in [7, 11) is 5.36. The Kier molecular flexibility index (Phi) is 4.06. The maximum absolute atomic E-state index is 11.7. The molecule has 0 saturated heterocycles. The second-order valence-corrected chi connectivity index (χ2v) is 5.09. The minimum Gasteiger partial charge on any atom is -0.348 e. The topological polar surface area (TPSA) is 51.8 Å². The van der Waals surface area contributed by atoms with Crippen molar-refractivity contribution in [3.8, 4) is 6.07 Å². The molecule has 0 radical (unpaired) electrons. The first-order valence-corrected chi connectivity index (χ1v) is 6.40. The molecule has 0 aliphatic heterocycles. The summed E-state index contributed by atoms with van der Waals surface area (Å²) in [6.45, 7) is 0.911. The molecule has 0 aliphatic rings. The molecule has 5 heteroatoms. The fraction of sp³-hybridized carbons (Fsp3) is 0.333. The number of nitriles is 1. The number of nitrogens with zero attached hydrogens (tertiary/aromatic N) is 4. The SMILES string of the molecule is CN(CC(=O)N(C)C)Cc1cn2ccccc2c1C#N. The highest BCUT2D eigenvalue weighted by Crippen LogP contribution is 2.18. The highest BCUT2D eigenvalue weighted by Gasteiger charge is 2.14. The minimum absolute atomic E-state index is 0.0507. The number of hydrogen-bond acceptors (Lipinski definition) is 3. The van der Waals surface area contributed by atoms with Crippen LogP contribution in [0.3, 0.4) is 0 Å². The molecule has 0 aliphatic carbocycles. The Labute approximate surface area is 118 Å². The molecule has 0 aromatic carbocycles. The summed E-state index contributed by atoms with van der Waals surface area (Å²) in [5, 5.41) is 9.33. The summed E-state index contributed by atoms with van der Waals surface area (Å²) in [6.07, 6.45) is 3.87. The van der Waals surface area contributed by atoms with Crippen molar-refractivity contribution in [2.24, 2.45) is 0 Å². The van der Waals surface area contributed by atoms with Gasteiger partial charge < -0.3 is 9.30 Å². The van der Waals surface area contributed by atoms with E-state index in [1.807, 2.05) is 46.9 Å². The highest BCUT2D eigenvalue weighted by atomic mass is 16.2. The van der Waals surface area contributed by atoms with Crippen molar-refractivity contribution >= 4 is 11.4 Å². The zero-order valence-corrected chi connectivity index (χ0v) is 12.0. The first-order valence-electron chi connectivity index (χ1n) is 6.40. The van der Waals surface area contributed by atoms with Gasteiger partial charge in [0.1, 0.15) is 6.07 Å². The van der Waals surface area contributed by atoms with Crippen molar-refractivity contribution in [1.29, 1.82) is 5.26 Å². The van der Waals surface area contributed by atoms with Crippen LogP contribution in [0.1, 0.15) is 11.1 Å². The summed E-state index contributed by atoms with van der Waals surface area (Å²) in [4.78, 5) is 15.2. The summed E-state index contributed by atoms with van der Waals surface area (Å²) in [5.41, 5.74) is 2.51. The Morgan fingerprint density at radius 2 is 2.10 bits per heavy atom. The third-order valence-electron chi connectivity index (χ3n) is 3.22. The van der Waals surface area contributed by atoms with E-state index in [4.69, 9.17) is 0 Å². The van der Waals surface area contributed by atoms with Crippen molar-refractivity contribution in [3.63, 3.8) is 0 Å². The van der Waals surface area contributed by atoms with E-state index >= 15 is 0 Å². The van der Waals surface area contributed by atoms with Gasteiger partial charge in [0.25, 0.3) is 0 Å². The standard InChI is InChI=1S/C15H18N4O/c1-17(2)15(20)11-18(3)9-12-10-19-7-5-4-6-14(19)13(12)8-16/h4-7,10H,9,11H2,1-3H3. The summed E-state index contributed by atoms with van der Waals surface area (Å²) in [6, 6.07) is 8.02. The van der Waals surface area contributed by atoms with Gasteiger partial charge in [-0.3, -0.25) is 9.69 Å². The molecular formula is C15H18N4O. The smallest absolute Gasteiger partial charge is 0.236 e. The summed E-state index contributed by atoms with van der Waals surface area (Å²) >= 11 is 0. The van der Waals surface area contributed by atoms with Gasteiger partial charge >= 0.3 is 0 Å². The number of carbonyl (C=O) groups is 1. The zero-order chi connectivity index (χ0) is 14.7. The van der Waals surface area contributed by atoms with Gasteiger partial charge in [-0.15, -0.1) is 0 Å². The molecular weight excluding hydrogens is 252 g/mol. The Hall–Kier alpha value is -2.32. The Morgan fingerprint density at radius 1 is 1.35 bits per heavy atom. The number of pyridine rings is 1. The summed E-state index contributed by atoms with van der Waals surface area (Å²) in [5.74, 6) is 0.0507. The van der Waals surface area contributed by atoms with E-state index in [2.05, 4.69) is 6.07 Å². The molecule has 0 bridgehead atoms. The van der Waals surface area contributed by atoms with Crippen LogP contribution in [-0.4, -0.2) is 47.8 Å². The molecule has 0 fully saturated rings. The molecule has 2 aromatic rings. The maximum Gasteiger partial charge on any atom is 0.236 e. The van der Waals surface area contributed by atoms with E-state index in [1.165, 1.54) is 0 Å². The second-order valence-electron chi connectivity index (χ2n) is 5.09. The van der Waals surface area contributed by atoms with E-state index in [0.717, 1.165) is 11.1 Å². The molecule has 5 nitrogen and oxygen atoms in total. The molecule has 20 heavy (non-hydrogen) atoms. The van der Waals surface area contributed by atoms with Gasteiger partial charge in [-0.05, 0) is 19.2 Å². The van der Waals surface area contributed by atoms with Gasteiger partial charge in [0.05, 0.1) is 17.6 Å². The molecule has 0 spiro atoms. The van der Waals surface area contributed by atoms with Crippen LogP contribution in [0.15, 0.2) is 30.6 Å². The summed E-state index contributed by atoms with van der Waals surface area (Å²) < 4.78 is 1.94. The number of carbonyl (C=O) groups excluding carboxylic acids is 1. The Bertz CT molecular complexity index is 666. The number of aromatic nitrogens is 1. The third kappa shape index (κ3) is 2.81. The first-order chi connectivity index (χ1) is 9.52. The molecule has 0 unspecified atom stereocenters. The molecule has 104 valence electrons.